The van der Waals surface area contributed by atoms with E-state index >= 15 is 0 Å². The van der Waals surface area contributed by atoms with Gasteiger partial charge in [-0.25, -0.2) is 0 Å². The summed E-state index contributed by atoms with van der Waals surface area (Å²) in [5, 5.41) is 12.2. The molecule has 0 spiro atoms. The first kappa shape index (κ1) is 18.1. The Morgan fingerprint density at radius 1 is 1.15 bits per heavy atom. The molecule has 2 fully saturated rings. The number of hydrogen-bond donors (Lipinski definition) is 2. The normalized spacial score (nSPS) is 24.0. The SMILES string of the molecule is O=C(O)CN(CC1CC1)C1CC(NC(=O)c2ccc3c(c2)OCCCO3)C1. The zero-order valence-corrected chi connectivity index (χ0v) is 15.4. The summed E-state index contributed by atoms with van der Waals surface area (Å²) < 4.78 is 11.2. The van der Waals surface area contributed by atoms with Gasteiger partial charge in [-0.3, -0.25) is 14.5 Å². The Morgan fingerprint density at radius 3 is 2.59 bits per heavy atom. The average Bonchev–Trinajstić information content (AvgIpc) is 3.42. The predicted molar refractivity (Wildman–Crippen MR) is 98.3 cm³/mol. The van der Waals surface area contributed by atoms with Gasteiger partial charge in [0.1, 0.15) is 0 Å². The van der Waals surface area contributed by atoms with Crippen LogP contribution in [-0.4, -0.2) is 60.3 Å². The quantitative estimate of drug-likeness (QED) is 0.758. The van der Waals surface area contributed by atoms with Gasteiger partial charge in [0.15, 0.2) is 11.5 Å². The van der Waals surface area contributed by atoms with Gasteiger partial charge in [-0.05, 0) is 49.8 Å². The van der Waals surface area contributed by atoms with Gasteiger partial charge in [-0.2, -0.15) is 0 Å². The summed E-state index contributed by atoms with van der Waals surface area (Å²) in [7, 11) is 0. The van der Waals surface area contributed by atoms with Gasteiger partial charge in [0, 0.05) is 30.6 Å². The van der Waals surface area contributed by atoms with Crippen molar-refractivity contribution >= 4 is 11.9 Å². The molecule has 146 valence electrons. The monoisotopic (exact) mass is 374 g/mol. The van der Waals surface area contributed by atoms with Crippen molar-refractivity contribution in [2.45, 2.75) is 44.2 Å². The van der Waals surface area contributed by atoms with E-state index in [1.807, 2.05) is 0 Å². The molecule has 0 radical (unpaired) electrons. The Hall–Kier alpha value is -2.28. The summed E-state index contributed by atoms with van der Waals surface area (Å²) in [6.45, 7) is 2.16. The number of amides is 1. The Bertz CT molecular complexity index is 712. The Kier molecular flexibility index (Phi) is 5.20. The lowest BCUT2D eigenvalue weighted by atomic mass is 9.85. The van der Waals surface area contributed by atoms with E-state index in [0.29, 0.717) is 36.2 Å². The van der Waals surface area contributed by atoms with Crippen LogP contribution in [0.3, 0.4) is 0 Å². The number of carboxylic acids is 1. The fraction of sp³-hybridized carbons (Fsp3) is 0.600. The standard InChI is InChI=1S/C20H26N2O5/c23-19(24)12-22(11-13-2-3-13)16-9-15(10-16)21-20(25)14-4-5-17-18(8-14)27-7-1-6-26-17/h4-5,8,13,15-16H,1-3,6-7,9-12H2,(H,21,25)(H,23,24). The second kappa shape index (κ2) is 7.76. The van der Waals surface area contributed by atoms with E-state index in [-0.39, 0.29) is 24.5 Å². The van der Waals surface area contributed by atoms with Crippen molar-refractivity contribution in [1.29, 1.82) is 0 Å². The number of carboxylic acid groups (broad SMARTS) is 1. The van der Waals surface area contributed by atoms with Gasteiger partial charge in [-0.1, -0.05) is 0 Å². The van der Waals surface area contributed by atoms with Gasteiger partial charge in [0.25, 0.3) is 5.91 Å². The van der Waals surface area contributed by atoms with Crippen LogP contribution < -0.4 is 14.8 Å². The number of nitrogens with one attached hydrogen (secondary N) is 1. The fourth-order valence-corrected chi connectivity index (χ4v) is 3.73. The molecule has 27 heavy (non-hydrogen) atoms. The minimum atomic E-state index is -0.782. The van der Waals surface area contributed by atoms with Crippen LogP contribution in [0.5, 0.6) is 11.5 Å². The van der Waals surface area contributed by atoms with Crippen molar-refractivity contribution < 1.29 is 24.2 Å². The summed E-state index contributed by atoms with van der Waals surface area (Å²) in [4.78, 5) is 25.7. The predicted octanol–water partition coefficient (Wildman–Crippen LogP) is 1.91. The van der Waals surface area contributed by atoms with Gasteiger partial charge in [0.2, 0.25) is 0 Å². The maximum atomic E-state index is 12.5. The third-order valence-electron chi connectivity index (χ3n) is 5.50. The zero-order chi connectivity index (χ0) is 18.8. The highest BCUT2D eigenvalue weighted by Crippen LogP contribution is 2.34. The van der Waals surface area contributed by atoms with E-state index in [0.717, 1.165) is 25.8 Å². The zero-order valence-electron chi connectivity index (χ0n) is 15.4. The molecule has 0 unspecified atom stereocenters. The maximum absolute atomic E-state index is 12.5. The molecule has 2 aliphatic carbocycles. The molecular formula is C20H26N2O5. The first-order valence-electron chi connectivity index (χ1n) is 9.75. The lowest BCUT2D eigenvalue weighted by molar-refractivity contribution is -0.139. The second-order valence-corrected chi connectivity index (χ2v) is 7.77. The highest BCUT2D eigenvalue weighted by Gasteiger charge is 2.37. The molecule has 1 aliphatic heterocycles. The van der Waals surface area contributed by atoms with E-state index in [9.17, 15) is 9.59 Å². The van der Waals surface area contributed by atoms with Crippen molar-refractivity contribution in [2.75, 3.05) is 26.3 Å². The van der Waals surface area contributed by atoms with Crippen LogP contribution in [0.4, 0.5) is 0 Å². The number of carbonyl (C=O) groups excluding carboxylic acids is 1. The van der Waals surface area contributed by atoms with Crippen LogP contribution in [-0.2, 0) is 4.79 Å². The van der Waals surface area contributed by atoms with Gasteiger partial charge >= 0.3 is 5.97 Å². The Balaban J connectivity index is 1.30. The smallest absolute Gasteiger partial charge is 0.317 e. The molecule has 7 nitrogen and oxygen atoms in total. The number of aliphatic carboxylic acids is 1. The topological polar surface area (TPSA) is 88.1 Å². The van der Waals surface area contributed by atoms with Crippen molar-refractivity contribution in [1.82, 2.24) is 10.2 Å². The Morgan fingerprint density at radius 2 is 1.89 bits per heavy atom. The fourth-order valence-electron chi connectivity index (χ4n) is 3.73. The van der Waals surface area contributed by atoms with E-state index < -0.39 is 5.97 Å². The van der Waals surface area contributed by atoms with Crippen molar-refractivity contribution in [3.63, 3.8) is 0 Å². The third-order valence-corrected chi connectivity index (χ3v) is 5.50. The second-order valence-electron chi connectivity index (χ2n) is 7.77. The van der Waals surface area contributed by atoms with Crippen LogP contribution >= 0.6 is 0 Å². The minimum Gasteiger partial charge on any atom is -0.490 e. The molecule has 1 amide bonds. The van der Waals surface area contributed by atoms with Crippen molar-refractivity contribution in [2.24, 2.45) is 5.92 Å². The largest absolute Gasteiger partial charge is 0.490 e. The number of rotatable bonds is 7. The van der Waals surface area contributed by atoms with Gasteiger partial charge < -0.3 is 19.9 Å². The summed E-state index contributed by atoms with van der Waals surface area (Å²) in [5.74, 6) is 1.04. The van der Waals surface area contributed by atoms with E-state index in [2.05, 4.69) is 10.2 Å². The first-order chi connectivity index (χ1) is 13.1. The van der Waals surface area contributed by atoms with Crippen molar-refractivity contribution in [3.05, 3.63) is 23.8 Å². The number of benzene rings is 1. The molecule has 3 aliphatic rings. The molecule has 0 aromatic heterocycles. The van der Waals surface area contributed by atoms with Crippen LogP contribution in [0.15, 0.2) is 18.2 Å². The minimum absolute atomic E-state index is 0.0873. The summed E-state index contributed by atoms with van der Waals surface area (Å²) in [6, 6.07) is 5.60. The number of carbonyl (C=O) groups is 2. The molecule has 2 N–H and O–H groups in total. The molecule has 1 heterocycles. The number of hydrogen-bond acceptors (Lipinski definition) is 5. The highest BCUT2D eigenvalue weighted by atomic mass is 16.5. The summed E-state index contributed by atoms with van der Waals surface area (Å²) in [5.41, 5.74) is 0.558. The number of nitrogens with zero attached hydrogens (tertiary/aromatic N) is 1. The Labute approximate surface area is 158 Å². The lowest BCUT2D eigenvalue weighted by Gasteiger charge is -2.42. The average molecular weight is 374 g/mol. The maximum Gasteiger partial charge on any atom is 0.317 e. The third kappa shape index (κ3) is 4.53. The molecule has 7 heteroatoms. The van der Waals surface area contributed by atoms with E-state index in [4.69, 9.17) is 14.6 Å². The van der Waals surface area contributed by atoms with Crippen LogP contribution in [0.25, 0.3) is 0 Å². The molecule has 0 bridgehead atoms. The molecular weight excluding hydrogens is 348 g/mol. The van der Waals surface area contributed by atoms with Crippen molar-refractivity contribution in [3.8, 4) is 11.5 Å². The van der Waals surface area contributed by atoms with E-state index in [1.165, 1.54) is 12.8 Å². The number of ether oxygens (including phenoxy) is 2. The van der Waals surface area contributed by atoms with Gasteiger partial charge in [-0.15, -0.1) is 0 Å². The highest BCUT2D eigenvalue weighted by molar-refractivity contribution is 5.95. The molecule has 4 rings (SSSR count). The van der Waals surface area contributed by atoms with Crippen LogP contribution in [0, 0.1) is 5.92 Å². The van der Waals surface area contributed by atoms with Crippen LogP contribution in [0.1, 0.15) is 42.5 Å². The van der Waals surface area contributed by atoms with Crippen LogP contribution in [0.2, 0.25) is 0 Å². The summed E-state index contributed by atoms with van der Waals surface area (Å²) in [6.07, 6.45) is 4.83. The van der Waals surface area contributed by atoms with E-state index in [1.54, 1.807) is 18.2 Å². The lowest BCUT2D eigenvalue weighted by Crippen LogP contribution is -2.55. The molecule has 2 saturated carbocycles. The molecule has 1 aromatic carbocycles. The molecule has 1 aromatic rings. The summed E-state index contributed by atoms with van der Waals surface area (Å²) >= 11 is 0. The molecule has 0 atom stereocenters. The first-order valence-corrected chi connectivity index (χ1v) is 9.75. The van der Waals surface area contributed by atoms with Gasteiger partial charge in [0.05, 0.1) is 19.8 Å². The number of fused-ring (bicyclic) bond motifs is 1. The molecule has 0 saturated heterocycles.